The maximum Gasteiger partial charge on any atom is 0.244 e. The Hall–Kier alpha value is -1.85. The molecular formula is C11H19N5O. The molecule has 17 heavy (non-hydrogen) atoms. The third-order valence-electron chi connectivity index (χ3n) is 2.25. The number of amides is 1. The van der Waals surface area contributed by atoms with Crippen LogP contribution in [0.4, 0.5) is 11.8 Å². The Morgan fingerprint density at radius 3 is 2.59 bits per heavy atom. The van der Waals surface area contributed by atoms with Crippen molar-refractivity contribution < 1.29 is 4.79 Å². The van der Waals surface area contributed by atoms with E-state index in [4.69, 9.17) is 0 Å². The van der Waals surface area contributed by atoms with Crippen molar-refractivity contribution in [2.24, 2.45) is 0 Å². The molecule has 1 rings (SSSR count). The summed E-state index contributed by atoms with van der Waals surface area (Å²) >= 11 is 0. The van der Waals surface area contributed by atoms with Gasteiger partial charge in [-0.2, -0.15) is 4.98 Å². The first-order valence-electron chi connectivity index (χ1n) is 5.45. The molecule has 0 bridgehead atoms. The third-order valence-corrected chi connectivity index (χ3v) is 2.25. The van der Waals surface area contributed by atoms with Crippen molar-refractivity contribution in [1.29, 1.82) is 0 Å². The summed E-state index contributed by atoms with van der Waals surface area (Å²) < 4.78 is 0. The summed E-state index contributed by atoms with van der Waals surface area (Å²) in [5.41, 5.74) is 0.844. The zero-order chi connectivity index (χ0) is 13.0. The summed E-state index contributed by atoms with van der Waals surface area (Å²) in [5.74, 6) is 1.19. The van der Waals surface area contributed by atoms with Crippen LogP contribution in [0.25, 0.3) is 0 Å². The lowest BCUT2D eigenvalue weighted by Gasteiger charge is -2.18. The summed E-state index contributed by atoms with van der Waals surface area (Å²) in [7, 11) is 5.21. The Balaban J connectivity index is 2.81. The third kappa shape index (κ3) is 3.58. The minimum absolute atomic E-state index is 0.00673. The molecule has 2 N–H and O–H groups in total. The van der Waals surface area contributed by atoms with Gasteiger partial charge in [0.2, 0.25) is 11.9 Å². The lowest BCUT2D eigenvalue weighted by Crippen LogP contribution is -2.36. The standard InChI is InChI=1S/C11H19N5O/c1-7-6-9(15-11(12-3)13-7)14-8(2)10(17)16(4)5/h6,8H,1-5H3,(H2,12,13,14,15). The quantitative estimate of drug-likeness (QED) is 0.807. The van der Waals surface area contributed by atoms with E-state index in [2.05, 4.69) is 20.6 Å². The highest BCUT2D eigenvalue weighted by molar-refractivity contribution is 5.83. The van der Waals surface area contributed by atoms with Crippen molar-refractivity contribution in [1.82, 2.24) is 14.9 Å². The number of hydrogen-bond donors (Lipinski definition) is 2. The van der Waals surface area contributed by atoms with Crippen LogP contribution in [0.3, 0.4) is 0 Å². The van der Waals surface area contributed by atoms with E-state index in [1.54, 1.807) is 39.0 Å². The predicted molar refractivity (Wildman–Crippen MR) is 68.1 cm³/mol. The van der Waals surface area contributed by atoms with Gasteiger partial charge in [-0.25, -0.2) is 4.98 Å². The number of carbonyl (C=O) groups is 1. The van der Waals surface area contributed by atoms with Crippen LogP contribution in [0.1, 0.15) is 12.6 Å². The van der Waals surface area contributed by atoms with Gasteiger partial charge in [0.25, 0.3) is 0 Å². The van der Waals surface area contributed by atoms with Gasteiger partial charge in [0.15, 0.2) is 0 Å². The molecule has 0 aliphatic rings. The number of rotatable bonds is 4. The molecular weight excluding hydrogens is 218 g/mol. The van der Waals surface area contributed by atoms with Crippen molar-refractivity contribution in [3.8, 4) is 0 Å². The maximum atomic E-state index is 11.7. The highest BCUT2D eigenvalue weighted by Crippen LogP contribution is 2.10. The van der Waals surface area contributed by atoms with Gasteiger partial charge in [-0.1, -0.05) is 0 Å². The number of hydrogen-bond acceptors (Lipinski definition) is 5. The van der Waals surface area contributed by atoms with Gasteiger partial charge < -0.3 is 15.5 Å². The Kier molecular flexibility index (Phi) is 4.25. The highest BCUT2D eigenvalue weighted by atomic mass is 16.2. The molecule has 6 nitrogen and oxygen atoms in total. The smallest absolute Gasteiger partial charge is 0.244 e. The average molecular weight is 237 g/mol. The molecule has 1 unspecified atom stereocenters. The number of aromatic nitrogens is 2. The van der Waals surface area contributed by atoms with E-state index < -0.39 is 0 Å². The van der Waals surface area contributed by atoms with Crippen molar-refractivity contribution >= 4 is 17.7 Å². The second kappa shape index (κ2) is 5.47. The molecule has 0 spiro atoms. The monoisotopic (exact) mass is 237 g/mol. The number of nitrogens with one attached hydrogen (secondary N) is 2. The maximum absolute atomic E-state index is 11.7. The minimum Gasteiger partial charge on any atom is -0.358 e. The van der Waals surface area contributed by atoms with E-state index >= 15 is 0 Å². The van der Waals surface area contributed by atoms with Crippen LogP contribution in [0.15, 0.2) is 6.07 Å². The largest absolute Gasteiger partial charge is 0.358 e. The average Bonchev–Trinajstić information content (AvgIpc) is 2.26. The number of carbonyl (C=O) groups excluding carboxylic acids is 1. The lowest BCUT2D eigenvalue weighted by molar-refractivity contribution is -0.129. The highest BCUT2D eigenvalue weighted by Gasteiger charge is 2.15. The number of nitrogens with zero attached hydrogens (tertiary/aromatic N) is 3. The van der Waals surface area contributed by atoms with Gasteiger partial charge in [0, 0.05) is 32.9 Å². The van der Waals surface area contributed by atoms with Crippen molar-refractivity contribution in [2.75, 3.05) is 31.8 Å². The van der Waals surface area contributed by atoms with Crippen LogP contribution in [-0.4, -0.2) is 48.0 Å². The van der Waals surface area contributed by atoms with E-state index in [-0.39, 0.29) is 11.9 Å². The Bertz CT molecular complexity index is 405. The van der Waals surface area contributed by atoms with E-state index in [9.17, 15) is 4.79 Å². The number of likely N-dealkylation sites (N-methyl/N-ethyl adjacent to an activating group) is 1. The summed E-state index contributed by atoms with van der Waals surface area (Å²) in [6.07, 6.45) is 0. The van der Waals surface area contributed by atoms with Crippen LogP contribution in [0, 0.1) is 6.92 Å². The first-order chi connectivity index (χ1) is 7.93. The van der Waals surface area contributed by atoms with Crippen molar-refractivity contribution in [3.05, 3.63) is 11.8 Å². The molecule has 0 aliphatic carbocycles. The van der Waals surface area contributed by atoms with Gasteiger partial charge in [0.1, 0.15) is 11.9 Å². The number of anilines is 2. The van der Waals surface area contributed by atoms with E-state index in [1.165, 1.54) is 0 Å². The van der Waals surface area contributed by atoms with E-state index in [0.717, 1.165) is 5.69 Å². The second-order valence-electron chi connectivity index (χ2n) is 4.07. The molecule has 0 saturated heterocycles. The number of aryl methyl sites for hydroxylation is 1. The first kappa shape index (κ1) is 13.2. The van der Waals surface area contributed by atoms with Crippen molar-refractivity contribution in [2.45, 2.75) is 19.9 Å². The molecule has 94 valence electrons. The van der Waals surface area contributed by atoms with Crippen LogP contribution in [-0.2, 0) is 4.79 Å². The summed E-state index contributed by atoms with van der Waals surface area (Å²) in [6, 6.07) is 1.49. The fourth-order valence-electron chi connectivity index (χ4n) is 1.43. The zero-order valence-corrected chi connectivity index (χ0v) is 10.9. The van der Waals surface area contributed by atoms with Gasteiger partial charge >= 0.3 is 0 Å². The Morgan fingerprint density at radius 2 is 2.06 bits per heavy atom. The molecule has 6 heteroatoms. The molecule has 1 aromatic heterocycles. The molecule has 0 saturated carbocycles. The molecule has 1 aromatic rings. The summed E-state index contributed by atoms with van der Waals surface area (Å²) in [6.45, 7) is 3.69. The second-order valence-corrected chi connectivity index (χ2v) is 4.07. The lowest BCUT2D eigenvalue weighted by atomic mass is 10.3. The SMILES string of the molecule is CNc1nc(C)cc(NC(C)C(=O)N(C)C)n1. The molecule has 1 amide bonds. The van der Waals surface area contributed by atoms with Gasteiger partial charge in [-0.05, 0) is 13.8 Å². The Morgan fingerprint density at radius 1 is 1.41 bits per heavy atom. The topological polar surface area (TPSA) is 70.2 Å². The van der Waals surface area contributed by atoms with Gasteiger partial charge in [0.05, 0.1) is 0 Å². The van der Waals surface area contributed by atoms with Crippen LogP contribution in [0.5, 0.6) is 0 Å². The fourth-order valence-corrected chi connectivity index (χ4v) is 1.43. The molecule has 0 aromatic carbocycles. The molecule has 0 radical (unpaired) electrons. The van der Waals surface area contributed by atoms with Gasteiger partial charge in [-0.15, -0.1) is 0 Å². The molecule has 0 fully saturated rings. The van der Waals surface area contributed by atoms with E-state index in [1.807, 2.05) is 6.92 Å². The summed E-state index contributed by atoms with van der Waals surface area (Å²) in [4.78, 5) is 21.6. The predicted octanol–water partition coefficient (Wildman–Crippen LogP) is 0.715. The van der Waals surface area contributed by atoms with Gasteiger partial charge in [-0.3, -0.25) is 4.79 Å². The first-order valence-corrected chi connectivity index (χ1v) is 5.45. The van der Waals surface area contributed by atoms with Crippen LogP contribution < -0.4 is 10.6 Å². The molecule has 1 atom stereocenters. The van der Waals surface area contributed by atoms with E-state index in [0.29, 0.717) is 11.8 Å². The van der Waals surface area contributed by atoms with Crippen LogP contribution >= 0.6 is 0 Å². The minimum atomic E-state index is -0.316. The molecule has 0 aliphatic heterocycles. The van der Waals surface area contributed by atoms with Crippen molar-refractivity contribution in [3.63, 3.8) is 0 Å². The Labute approximate surface area is 101 Å². The molecule has 1 heterocycles. The normalized spacial score (nSPS) is 11.8. The fraction of sp³-hybridized carbons (Fsp3) is 0.545. The zero-order valence-electron chi connectivity index (χ0n) is 10.9. The summed E-state index contributed by atoms with van der Waals surface area (Å²) in [5, 5.41) is 5.93. The van der Waals surface area contributed by atoms with Crippen LogP contribution in [0.2, 0.25) is 0 Å².